The summed E-state index contributed by atoms with van der Waals surface area (Å²) >= 11 is 0. The van der Waals surface area contributed by atoms with Crippen molar-refractivity contribution in [2.24, 2.45) is 0 Å². The van der Waals surface area contributed by atoms with E-state index in [9.17, 15) is 4.39 Å². The molecule has 128 valence electrons. The van der Waals surface area contributed by atoms with Crippen molar-refractivity contribution >= 4 is 16.7 Å². The highest BCUT2D eigenvalue weighted by Crippen LogP contribution is 2.31. The van der Waals surface area contributed by atoms with Crippen molar-refractivity contribution in [3.63, 3.8) is 0 Å². The van der Waals surface area contributed by atoms with Gasteiger partial charge in [0, 0.05) is 30.4 Å². The number of hydrogen-bond donors (Lipinski definition) is 1. The molecule has 4 aromatic rings. The molecule has 0 saturated carbocycles. The van der Waals surface area contributed by atoms with Crippen LogP contribution < -0.4 is 5.32 Å². The fourth-order valence-corrected chi connectivity index (χ4v) is 3.04. The predicted octanol–water partition coefficient (Wildman–Crippen LogP) is 4.85. The number of pyridine rings is 1. The molecule has 0 amide bonds. The van der Waals surface area contributed by atoms with Gasteiger partial charge in [-0.1, -0.05) is 12.1 Å². The van der Waals surface area contributed by atoms with E-state index >= 15 is 0 Å². The molecule has 26 heavy (non-hydrogen) atoms. The van der Waals surface area contributed by atoms with Crippen LogP contribution in [0.3, 0.4) is 0 Å². The van der Waals surface area contributed by atoms with Gasteiger partial charge in [-0.25, -0.2) is 14.4 Å². The van der Waals surface area contributed by atoms with Crippen molar-refractivity contribution in [3.05, 3.63) is 72.3 Å². The monoisotopic (exact) mass is 344 g/mol. The molecule has 4 nitrogen and oxygen atoms in total. The van der Waals surface area contributed by atoms with E-state index in [1.807, 2.05) is 32.2 Å². The third kappa shape index (κ3) is 2.88. The van der Waals surface area contributed by atoms with Gasteiger partial charge in [0.25, 0.3) is 0 Å². The average Bonchev–Trinajstić information content (AvgIpc) is 2.68. The second-order valence-electron chi connectivity index (χ2n) is 6.08. The lowest BCUT2D eigenvalue weighted by molar-refractivity contribution is 0.628. The van der Waals surface area contributed by atoms with Crippen molar-refractivity contribution in [2.45, 2.75) is 6.92 Å². The minimum absolute atomic E-state index is 0.245. The van der Waals surface area contributed by atoms with E-state index in [2.05, 4.69) is 21.4 Å². The summed E-state index contributed by atoms with van der Waals surface area (Å²) in [6, 6.07) is 14.4. The highest BCUT2D eigenvalue weighted by molar-refractivity contribution is 5.94. The van der Waals surface area contributed by atoms with Crippen molar-refractivity contribution < 1.29 is 4.39 Å². The molecular weight excluding hydrogens is 327 g/mol. The summed E-state index contributed by atoms with van der Waals surface area (Å²) in [4.78, 5) is 13.5. The minimum Gasteiger partial charge on any atom is -0.373 e. The Kier molecular flexibility index (Phi) is 4.05. The third-order valence-corrected chi connectivity index (χ3v) is 4.35. The highest BCUT2D eigenvalue weighted by atomic mass is 19.1. The number of fused-ring (bicyclic) bond motifs is 1. The Labute approximate surface area is 150 Å². The first-order chi connectivity index (χ1) is 12.7. The van der Waals surface area contributed by atoms with Crippen LogP contribution in [-0.4, -0.2) is 22.0 Å². The number of hydrogen-bond acceptors (Lipinski definition) is 4. The van der Waals surface area contributed by atoms with Crippen molar-refractivity contribution in [2.75, 3.05) is 12.4 Å². The molecule has 1 N–H and O–H groups in total. The van der Waals surface area contributed by atoms with Crippen LogP contribution in [0, 0.1) is 12.7 Å². The number of anilines is 1. The molecule has 2 heterocycles. The molecule has 0 aliphatic rings. The van der Waals surface area contributed by atoms with E-state index in [0.717, 1.165) is 39.0 Å². The van der Waals surface area contributed by atoms with E-state index < -0.39 is 0 Å². The van der Waals surface area contributed by atoms with Crippen LogP contribution in [0.25, 0.3) is 33.4 Å². The van der Waals surface area contributed by atoms with Crippen LogP contribution in [0.1, 0.15) is 5.56 Å². The van der Waals surface area contributed by atoms with Gasteiger partial charge in [-0.05, 0) is 60.0 Å². The van der Waals surface area contributed by atoms with Crippen molar-refractivity contribution in [3.8, 4) is 22.5 Å². The van der Waals surface area contributed by atoms with Crippen LogP contribution >= 0.6 is 0 Å². The molecule has 2 aromatic carbocycles. The Hall–Kier alpha value is -3.34. The second-order valence-corrected chi connectivity index (χ2v) is 6.08. The number of rotatable bonds is 3. The maximum Gasteiger partial charge on any atom is 0.163 e. The molecule has 0 atom stereocenters. The van der Waals surface area contributed by atoms with Gasteiger partial charge < -0.3 is 5.32 Å². The van der Waals surface area contributed by atoms with E-state index in [1.165, 1.54) is 12.1 Å². The van der Waals surface area contributed by atoms with Gasteiger partial charge in [0.1, 0.15) is 11.6 Å². The number of nitrogens with one attached hydrogen (secondary N) is 1. The zero-order valence-electron chi connectivity index (χ0n) is 14.5. The van der Waals surface area contributed by atoms with Crippen LogP contribution in [0.4, 0.5) is 10.2 Å². The summed E-state index contributed by atoms with van der Waals surface area (Å²) in [7, 11) is 1.85. The van der Waals surface area contributed by atoms with Gasteiger partial charge in [-0.2, -0.15) is 0 Å². The number of nitrogens with zero attached hydrogens (tertiary/aromatic N) is 3. The number of aromatic nitrogens is 3. The summed E-state index contributed by atoms with van der Waals surface area (Å²) < 4.78 is 13.3. The Morgan fingerprint density at radius 3 is 2.46 bits per heavy atom. The normalized spacial score (nSPS) is 10.9. The largest absolute Gasteiger partial charge is 0.373 e. The summed E-state index contributed by atoms with van der Waals surface area (Å²) in [6.45, 7) is 2.03. The summed E-state index contributed by atoms with van der Waals surface area (Å²) in [6.07, 6.45) is 3.47. The molecule has 4 rings (SSSR count). The van der Waals surface area contributed by atoms with Gasteiger partial charge in [-0.3, -0.25) is 4.98 Å². The number of aryl methyl sites for hydroxylation is 1. The minimum atomic E-state index is -0.245. The van der Waals surface area contributed by atoms with E-state index in [1.54, 1.807) is 24.5 Å². The standard InChI is InChI=1S/C21H17FN4/c1-13-10-18-19(11-17(13)14-5-7-16(22)8-6-14)25-20(26-21(18)23-2)15-4-3-9-24-12-15/h3-12H,1-2H3,(H,23,25,26). The predicted molar refractivity (Wildman–Crippen MR) is 102 cm³/mol. The van der Waals surface area contributed by atoms with Gasteiger partial charge in [0.05, 0.1) is 5.52 Å². The zero-order chi connectivity index (χ0) is 18.1. The Balaban J connectivity index is 1.94. The topological polar surface area (TPSA) is 50.7 Å². The molecule has 0 fully saturated rings. The lowest BCUT2D eigenvalue weighted by Gasteiger charge is -2.12. The van der Waals surface area contributed by atoms with Crippen LogP contribution in [0.5, 0.6) is 0 Å². The van der Waals surface area contributed by atoms with Gasteiger partial charge in [-0.15, -0.1) is 0 Å². The average molecular weight is 344 g/mol. The molecule has 0 aliphatic carbocycles. The zero-order valence-corrected chi connectivity index (χ0v) is 14.5. The van der Waals surface area contributed by atoms with Crippen LogP contribution in [0.15, 0.2) is 60.9 Å². The molecule has 0 bridgehead atoms. The van der Waals surface area contributed by atoms with E-state index in [-0.39, 0.29) is 5.82 Å². The van der Waals surface area contributed by atoms with Gasteiger partial charge in [0.2, 0.25) is 0 Å². The molecule has 0 spiro atoms. The van der Waals surface area contributed by atoms with Crippen molar-refractivity contribution in [1.29, 1.82) is 0 Å². The Morgan fingerprint density at radius 1 is 0.962 bits per heavy atom. The highest BCUT2D eigenvalue weighted by Gasteiger charge is 2.12. The van der Waals surface area contributed by atoms with E-state index in [0.29, 0.717) is 5.82 Å². The quantitative estimate of drug-likeness (QED) is 0.577. The Morgan fingerprint density at radius 2 is 1.77 bits per heavy atom. The first-order valence-corrected chi connectivity index (χ1v) is 8.32. The smallest absolute Gasteiger partial charge is 0.163 e. The number of halogens is 1. The third-order valence-electron chi connectivity index (χ3n) is 4.35. The first kappa shape index (κ1) is 16.1. The van der Waals surface area contributed by atoms with Crippen molar-refractivity contribution in [1.82, 2.24) is 15.0 Å². The lowest BCUT2D eigenvalue weighted by Crippen LogP contribution is -2.00. The molecule has 5 heteroatoms. The molecule has 0 unspecified atom stereocenters. The SMILES string of the molecule is CNc1nc(-c2cccnc2)nc2cc(-c3ccc(F)cc3)c(C)cc12. The Bertz CT molecular complexity index is 1080. The van der Waals surface area contributed by atoms with Gasteiger partial charge >= 0.3 is 0 Å². The van der Waals surface area contributed by atoms with Gasteiger partial charge in [0.15, 0.2) is 5.82 Å². The maximum atomic E-state index is 13.3. The number of benzene rings is 2. The van der Waals surface area contributed by atoms with Crippen LogP contribution in [0.2, 0.25) is 0 Å². The molecule has 2 aromatic heterocycles. The molecular formula is C21H17FN4. The van der Waals surface area contributed by atoms with E-state index in [4.69, 9.17) is 4.98 Å². The summed E-state index contributed by atoms with van der Waals surface area (Å²) in [5.74, 6) is 1.14. The second kappa shape index (κ2) is 6.52. The molecule has 0 saturated heterocycles. The maximum absolute atomic E-state index is 13.3. The fraction of sp³-hybridized carbons (Fsp3) is 0.0952. The summed E-state index contributed by atoms with van der Waals surface area (Å²) in [5.41, 5.74) is 4.75. The van der Waals surface area contributed by atoms with Crippen LogP contribution in [-0.2, 0) is 0 Å². The lowest BCUT2D eigenvalue weighted by atomic mass is 9.98. The first-order valence-electron chi connectivity index (χ1n) is 8.32. The molecule has 0 radical (unpaired) electrons. The fourth-order valence-electron chi connectivity index (χ4n) is 3.04. The summed E-state index contributed by atoms with van der Waals surface area (Å²) in [5, 5.41) is 4.10. The molecule has 0 aliphatic heterocycles.